The van der Waals surface area contributed by atoms with Gasteiger partial charge in [0.1, 0.15) is 12.1 Å². The minimum Gasteiger partial charge on any atom is -0.332 e. The van der Waals surface area contributed by atoms with Crippen LogP contribution in [0.3, 0.4) is 0 Å². The van der Waals surface area contributed by atoms with E-state index >= 15 is 0 Å². The van der Waals surface area contributed by atoms with Crippen LogP contribution in [0, 0.1) is 5.92 Å². The van der Waals surface area contributed by atoms with Crippen LogP contribution >= 0.6 is 11.6 Å². The Hall–Kier alpha value is -2.38. The SMILES string of the molecule is CC(C)C[C@H]1C(=O)N2CCN(Cc3cnn(-c4cccc(Cl)c4)c3)C[C@@H]2C(=O)N1C. The smallest absolute Gasteiger partial charge is 0.247 e. The zero-order valence-corrected chi connectivity index (χ0v) is 18.4. The van der Waals surface area contributed by atoms with Crippen LogP contribution < -0.4 is 0 Å². The Morgan fingerprint density at radius 2 is 2.00 bits per heavy atom. The number of nitrogens with zero attached hydrogens (tertiary/aromatic N) is 5. The molecule has 2 saturated heterocycles. The molecule has 0 aliphatic carbocycles. The van der Waals surface area contributed by atoms with E-state index in [2.05, 4.69) is 23.8 Å². The van der Waals surface area contributed by atoms with Gasteiger partial charge in [-0.2, -0.15) is 5.10 Å². The molecule has 2 atom stereocenters. The van der Waals surface area contributed by atoms with Crippen molar-refractivity contribution in [3.8, 4) is 5.69 Å². The van der Waals surface area contributed by atoms with Gasteiger partial charge in [0.2, 0.25) is 11.8 Å². The van der Waals surface area contributed by atoms with Crippen molar-refractivity contribution in [2.24, 2.45) is 5.92 Å². The maximum absolute atomic E-state index is 13.0. The highest BCUT2D eigenvalue weighted by Gasteiger charge is 2.46. The summed E-state index contributed by atoms with van der Waals surface area (Å²) in [5.41, 5.74) is 1.97. The van der Waals surface area contributed by atoms with Gasteiger partial charge in [0.15, 0.2) is 0 Å². The summed E-state index contributed by atoms with van der Waals surface area (Å²) < 4.78 is 1.80. The second kappa shape index (κ2) is 8.40. The molecule has 160 valence electrons. The normalized spacial score (nSPS) is 22.7. The number of amides is 2. The predicted octanol–water partition coefficient (Wildman–Crippen LogP) is 2.43. The quantitative estimate of drug-likeness (QED) is 0.732. The molecule has 1 aromatic heterocycles. The first-order valence-electron chi connectivity index (χ1n) is 10.4. The van der Waals surface area contributed by atoms with E-state index in [1.54, 1.807) is 21.5 Å². The van der Waals surface area contributed by atoms with Crippen LogP contribution in [0.2, 0.25) is 5.02 Å². The lowest BCUT2D eigenvalue weighted by atomic mass is 9.95. The monoisotopic (exact) mass is 429 g/mol. The Kier molecular flexibility index (Phi) is 5.84. The first-order valence-corrected chi connectivity index (χ1v) is 10.8. The van der Waals surface area contributed by atoms with Gasteiger partial charge in [0, 0.05) is 50.0 Å². The number of fused-ring (bicyclic) bond motifs is 1. The van der Waals surface area contributed by atoms with E-state index in [0.29, 0.717) is 37.0 Å². The zero-order chi connectivity index (χ0) is 21.4. The van der Waals surface area contributed by atoms with Crippen LogP contribution in [0.4, 0.5) is 0 Å². The molecule has 1 aromatic carbocycles. The molecule has 7 nitrogen and oxygen atoms in total. The van der Waals surface area contributed by atoms with Crippen molar-refractivity contribution in [2.45, 2.75) is 38.9 Å². The molecular weight excluding hydrogens is 402 g/mol. The zero-order valence-electron chi connectivity index (χ0n) is 17.7. The topological polar surface area (TPSA) is 61.7 Å². The fraction of sp³-hybridized carbons (Fsp3) is 0.500. The van der Waals surface area contributed by atoms with Crippen molar-refractivity contribution in [2.75, 3.05) is 26.7 Å². The molecule has 2 fully saturated rings. The number of carbonyl (C=O) groups is 2. The molecule has 0 unspecified atom stereocenters. The van der Waals surface area contributed by atoms with E-state index in [1.165, 1.54) is 0 Å². The van der Waals surface area contributed by atoms with Crippen molar-refractivity contribution in [3.05, 3.63) is 47.2 Å². The molecule has 8 heteroatoms. The highest BCUT2D eigenvalue weighted by molar-refractivity contribution is 6.30. The van der Waals surface area contributed by atoms with Crippen LogP contribution in [0.1, 0.15) is 25.8 Å². The van der Waals surface area contributed by atoms with E-state index < -0.39 is 6.04 Å². The lowest BCUT2D eigenvalue weighted by Gasteiger charge is -2.48. The molecular formula is C22H28ClN5O2. The summed E-state index contributed by atoms with van der Waals surface area (Å²) in [6.07, 6.45) is 4.53. The minimum absolute atomic E-state index is 0.0413. The maximum Gasteiger partial charge on any atom is 0.247 e. The first-order chi connectivity index (χ1) is 14.3. The molecule has 3 heterocycles. The summed E-state index contributed by atoms with van der Waals surface area (Å²) in [5.74, 6) is 0.492. The number of rotatable bonds is 5. The minimum atomic E-state index is -0.400. The first kappa shape index (κ1) is 20.9. The summed E-state index contributed by atoms with van der Waals surface area (Å²) in [4.78, 5) is 31.7. The van der Waals surface area contributed by atoms with Gasteiger partial charge in [-0.15, -0.1) is 0 Å². The summed E-state index contributed by atoms with van der Waals surface area (Å²) in [7, 11) is 1.76. The molecule has 0 radical (unpaired) electrons. The van der Waals surface area contributed by atoms with Crippen LogP contribution in [-0.4, -0.2) is 75.1 Å². The summed E-state index contributed by atoms with van der Waals surface area (Å²) >= 11 is 6.08. The lowest BCUT2D eigenvalue weighted by Crippen LogP contribution is -2.69. The van der Waals surface area contributed by atoms with E-state index in [9.17, 15) is 9.59 Å². The molecule has 2 aliphatic heterocycles. The predicted molar refractivity (Wildman–Crippen MR) is 115 cm³/mol. The summed E-state index contributed by atoms with van der Waals surface area (Å²) in [5, 5.41) is 5.11. The second-order valence-electron chi connectivity index (χ2n) is 8.65. The average Bonchev–Trinajstić information content (AvgIpc) is 3.18. The van der Waals surface area contributed by atoms with Crippen molar-refractivity contribution >= 4 is 23.4 Å². The van der Waals surface area contributed by atoms with Crippen molar-refractivity contribution in [1.82, 2.24) is 24.5 Å². The van der Waals surface area contributed by atoms with Crippen LogP contribution in [0.25, 0.3) is 5.69 Å². The fourth-order valence-electron chi connectivity index (χ4n) is 4.37. The van der Waals surface area contributed by atoms with Gasteiger partial charge in [-0.3, -0.25) is 14.5 Å². The van der Waals surface area contributed by atoms with Crippen LogP contribution in [0.15, 0.2) is 36.7 Å². The van der Waals surface area contributed by atoms with Crippen molar-refractivity contribution in [1.29, 1.82) is 0 Å². The second-order valence-corrected chi connectivity index (χ2v) is 9.09. The number of piperazine rings is 2. The highest BCUT2D eigenvalue weighted by atomic mass is 35.5. The highest BCUT2D eigenvalue weighted by Crippen LogP contribution is 2.25. The largest absolute Gasteiger partial charge is 0.332 e. The Balaban J connectivity index is 1.44. The summed E-state index contributed by atoms with van der Waals surface area (Å²) in [6.45, 7) is 6.73. The molecule has 2 amide bonds. The Labute approximate surface area is 182 Å². The number of likely N-dealkylation sites (N-methyl/N-ethyl adjacent to an activating group) is 1. The Morgan fingerprint density at radius 1 is 1.20 bits per heavy atom. The number of halogens is 1. The van der Waals surface area contributed by atoms with Gasteiger partial charge in [-0.1, -0.05) is 31.5 Å². The summed E-state index contributed by atoms with van der Waals surface area (Å²) in [6, 6.07) is 6.82. The Morgan fingerprint density at radius 3 is 2.73 bits per heavy atom. The molecule has 0 bridgehead atoms. The van der Waals surface area contributed by atoms with Gasteiger partial charge < -0.3 is 9.80 Å². The van der Waals surface area contributed by atoms with Gasteiger partial charge in [-0.25, -0.2) is 4.68 Å². The maximum atomic E-state index is 13.0. The van der Waals surface area contributed by atoms with E-state index in [4.69, 9.17) is 11.6 Å². The molecule has 4 rings (SSSR count). The van der Waals surface area contributed by atoms with Crippen LogP contribution in [0.5, 0.6) is 0 Å². The van der Waals surface area contributed by atoms with Crippen molar-refractivity contribution < 1.29 is 9.59 Å². The van der Waals surface area contributed by atoms with Gasteiger partial charge in [0.05, 0.1) is 11.9 Å². The third kappa shape index (κ3) is 4.09. The average molecular weight is 430 g/mol. The molecule has 30 heavy (non-hydrogen) atoms. The van der Waals surface area contributed by atoms with E-state index in [0.717, 1.165) is 17.8 Å². The third-order valence-corrected chi connectivity index (χ3v) is 6.18. The van der Waals surface area contributed by atoms with E-state index in [1.807, 2.05) is 36.7 Å². The number of benzene rings is 1. The van der Waals surface area contributed by atoms with Gasteiger partial charge in [-0.05, 0) is 30.5 Å². The number of carbonyl (C=O) groups excluding carboxylic acids is 2. The molecule has 2 aromatic rings. The molecule has 0 spiro atoms. The standard InChI is InChI=1S/C22H28ClN5O2/c1-15(2)9-19-22(30)27-8-7-26(14-20(27)21(29)25(19)3)12-16-11-24-28(13-16)18-6-4-5-17(23)10-18/h4-6,10-11,13,15,19-20H,7-9,12,14H2,1-3H3/t19-,20+/m0/s1. The number of hydrogen-bond acceptors (Lipinski definition) is 4. The molecule has 2 aliphatic rings. The van der Waals surface area contributed by atoms with Crippen LogP contribution in [-0.2, 0) is 16.1 Å². The molecule has 0 N–H and O–H groups in total. The van der Waals surface area contributed by atoms with E-state index in [-0.39, 0.29) is 17.9 Å². The Bertz CT molecular complexity index is 943. The lowest BCUT2D eigenvalue weighted by molar-refractivity contribution is -0.164. The third-order valence-electron chi connectivity index (χ3n) is 5.94. The van der Waals surface area contributed by atoms with Gasteiger partial charge >= 0.3 is 0 Å². The van der Waals surface area contributed by atoms with Gasteiger partial charge in [0.25, 0.3) is 0 Å². The number of hydrogen-bond donors (Lipinski definition) is 0. The molecule has 0 saturated carbocycles. The fourth-order valence-corrected chi connectivity index (χ4v) is 4.55. The number of aromatic nitrogens is 2. The van der Waals surface area contributed by atoms with Crippen molar-refractivity contribution in [3.63, 3.8) is 0 Å².